The van der Waals surface area contributed by atoms with E-state index in [-0.39, 0.29) is 5.91 Å². The minimum Gasteiger partial charge on any atom is -0.493 e. The van der Waals surface area contributed by atoms with Crippen LogP contribution in [0.15, 0.2) is 48.5 Å². The smallest absolute Gasteiger partial charge is 0.230 e. The number of hydrogen-bond acceptors (Lipinski definition) is 3. The summed E-state index contributed by atoms with van der Waals surface area (Å²) in [5.74, 6) is 1.27. The molecule has 2 rings (SSSR count). The quantitative estimate of drug-likeness (QED) is 0.848. The van der Waals surface area contributed by atoms with E-state index in [1.54, 1.807) is 14.2 Å². The SMILES string of the molecule is COc1ccc(C(C)(C)C(=O)NCCc2ccccc2)cc1OC. The summed E-state index contributed by atoms with van der Waals surface area (Å²) in [4.78, 5) is 12.6. The van der Waals surface area contributed by atoms with Gasteiger partial charge in [-0.2, -0.15) is 0 Å². The standard InChI is InChI=1S/C20H25NO3/c1-20(2,16-10-11-17(23-3)18(14-16)24-4)19(22)21-13-12-15-8-6-5-7-9-15/h5-11,14H,12-13H2,1-4H3,(H,21,22). The molecular formula is C20H25NO3. The van der Waals surface area contributed by atoms with E-state index in [1.807, 2.05) is 50.2 Å². The lowest BCUT2D eigenvalue weighted by atomic mass is 9.83. The molecule has 0 aliphatic rings. The van der Waals surface area contributed by atoms with Gasteiger partial charge in [-0.15, -0.1) is 0 Å². The molecule has 0 fully saturated rings. The fourth-order valence-electron chi connectivity index (χ4n) is 2.54. The fraction of sp³-hybridized carbons (Fsp3) is 0.350. The molecule has 0 atom stereocenters. The lowest BCUT2D eigenvalue weighted by Gasteiger charge is -2.25. The van der Waals surface area contributed by atoms with Crippen molar-refractivity contribution < 1.29 is 14.3 Å². The molecule has 0 unspecified atom stereocenters. The predicted molar refractivity (Wildman–Crippen MR) is 95.7 cm³/mol. The molecule has 0 aliphatic heterocycles. The zero-order valence-corrected chi connectivity index (χ0v) is 14.8. The van der Waals surface area contributed by atoms with Crippen LogP contribution in [0.25, 0.3) is 0 Å². The number of rotatable bonds is 7. The number of hydrogen-bond donors (Lipinski definition) is 1. The lowest BCUT2D eigenvalue weighted by Crippen LogP contribution is -2.40. The largest absolute Gasteiger partial charge is 0.493 e. The molecular weight excluding hydrogens is 302 g/mol. The highest BCUT2D eigenvalue weighted by molar-refractivity contribution is 5.87. The van der Waals surface area contributed by atoms with E-state index < -0.39 is 5.41 Å². The van der Waals surface area contributed by atoms with Gasteiger partial charge in [-0.05, 0) is 43.5 Å². The molecule has 2 aromatic rings. The number of benzene rings is 2. The van der Waals surface area contributed by atoms with Crippen molar-refractivity contribution in [1.29, 1.82) is 0 Å². The highest BCUT2D eigenvalue weighted by Crippen LogP contribution is 2.33. The summed E-state index contributed by atoms with van der Waals surface area (Å²) < 4.78 is 10.6. The highest BCUT2D eigenvalue weighted by Gasteiger charge is 2.30. The van der Waals surface area contributed by atoms with E-state index in [2.05, 4.69) is 17.4 Å². The van der Waals surface area contributed by atoms with Crippen LogP contribution in [0.2, 0.25) is 0 Å². The predicted octanol–water partition coefficient (Wildman–Crippen LogP) is 3.34. The van der Waals surface area contributed by atoms with E-state index >= 15 is 0 Å². The Balaban J connectivity index is 2.04. The third kappa shape index (κ3) is 4.07. The van der Waals surface area contributed by atoms with Crippen LogP contribution in [0.5, 0.6) is 11.5 Å². The van der Waals surface area contributed by atoms with Crippen LogP contribution >= 0.6 is 0 Å². The van der Waals surface area contributed by atoms with Gasteiger partial charge in [-0.3, -0.25) is 4.79 Å². The second-order valence-electron chi connectivity index (χ2n) is 6.19. The molecule has 0 spiro atoms. The summed E-state index contributed by atoms with van der Waals surface area (Å²) in [5, 5.41) is 3.02. The Morgan fingerprint density at radius 1 is 1.00 bits per heavy atom. The maximum absolute atomic E-state index is 12.6. The number of ether oxygens (including phenoxy) is 2. The Kier molecular flexibility index (Phi) is 5.85. The molecule has 0 saturated carbocycles. The molecule has 24 heavy (non-hydrogen) atoms. The van der Waals surface area contributed by atoms with Crippen molar-refractivity contribution in [2.24, 2.45) is 0 Å². The molecule has 2 aromatic carbocycles. The second kappa shape index (κ2) is 7.86. The first-order valence-corrected chi connectivity index (χ1v) is 8.03. The molecule has 0 bridgehead atoms. The highest BCUT2D eigenvalue weighted by atomic mass is 16.5. The van der Waals surface area contributed by atoms with Gasteiger partial charge in [-0.25, -0.2) is 0 Å². The van der Waals surface area contributed by atoms with Crippen LogP contribution in [0.4, 0.5) is 0 Å². The van der Waals surface area contributed by atoms with Crippen molar-refractivity contribution in [3.8, 4) is 11.5 Å². The molecule has 0 saturated heterocycles. The summed E-state index contributed by atoms with van der Waals surface area (Å²) in [5.41, 5.74) is 1.44. The van der Waals surface area contributed by atoms with Crippen molar-refractivity contribution in [3.05, 3.63) is 59.7 Å². The monoisotopic (exact) mass is 327 g/mol. The fourth-order valence-corrected chi connectivity index (χ4v) is 2.54. The van der Waals surface area contributed by atoms with E-state index in [1.165, 1.54) is 5.56 Å². The van der Waals surface area contributed by atoms with Crippen molar-refractivity contribution >= 4 is 5.91 Å². The van der Waals surface area contributed by atoms with Gasteiger partial charge in [0.2, 0.25) is 5.91 Å². The van der Waals surface area contributed by atoms with Gasteiger partial charge in [-0.1, -0.05) is 36.4 Å². The molecule has 4 nitrogen and oxygen atoms in total. The molecule has 0 aromatic heterocycles. The molecule has 0 heterocycles. The number of nitrogens with one attached hydrogen (secondary N) is 1. The maximum atomic E-state index is 12.6. The van der Waals surface area contributed by atoms with Gasteiger partial charge in [0.15, 0.2) is 11.5 Å². The number of methoxy groups -OCH3 is 2. The lowest BCUT2D eigenvalue weighted by molar-refractivity contribution is -0.125. The first-order chi connectivity index (χ1) is 11.5. The summed E-state index contributed by atoms with van der Waals surface area (Å²) >= 11 is 0. The van der Waals surface area contributed by atoms with Crippen molar-refractivity contribution in [2.45, 2.75) is 25.7 Å². The second-order valence-corrected chi connectivity index (χ2v) is 6.19. The normalized spacial score (nSPS) is 11.0. The van der Waals surface area contributed by atoms with Crippen molar-refractivity contribution in [3.63, 3.8) is 0 Å². The summed E-state index contributed by atoms with van der Waals surface area (Å²) in [6, 6.07) is 15.7. The van der Waals surface area contributed by atoms with E-state index in [9.17, 15) is 4.79 Å². The van der Waals surface area contributed by atoms with Crippen LogP contribution in [0, 0.1) is 0 Å². The third-order valence-corrected chi connectivity index (χ3v) is 4.21. The van der Waals surface area contributed by atoms with Gasteiger partial charge in [0.05, 0.1) is 19.6 Å². The number of amides is 1. The average Bonchev–Trinajstić information content (AvgIpc) is 2.61. The van der Waals surface area contributed by atoms with Gasteiger partial charge >= 0.3 is 0 Å². The van der Waals surface area contributed by atoms with Gasteiger partial charge in [0.1, 0.15) is 0 Å². The van der Waals surface area contributed by atoms with E-state index in [0.29, 0.717) is 18.0 Å². The van der Waals surface area contributed by atoms with E-state index in [4.69, 9.17) is 9.47 Å². The minimum absolute atomic E-state index is 0.00866. The zero-order chi connectivity index (χ0) is 17.6. The number of carbonyl (C=O) groups is 1. The molecule has 4 heteroatoms. The first kappa shape index (κ1) is 17.9. The maximum Gasteiger partial charge on any atom is 0.230 e. The molecule has 0 aliphatic carbocycles. The Bertz CT molecular complexity index is 681. The van der Waals surface area contributed by atoms with Gasteiger partial charge < -0.3 is 14.8 Å². The molecule has 128 valence electrons. The van der Waals surface area contributed by atoms with Crippen molar-refractivity contribution in [1.82, 2.24) is 5.32 Å². The molecule has 0 radical (unpaired) electrons. The average molecular weight is 327 g/mol. The summed E-state index contributed by atoms with van der Waals surface area (Å²) in [6.45, 7) is 4.43. The van der Waals surface area contributed by atoms with Crippen LogP contribution in [0.3, 0.4) is 0 Å². The van der Waals surface area contributed by atoms with Crippen LogP contribution < -0.4 is 14.8 Å². The van der Waals surface area contributed by atoms with Crippen molar-refractivity contribution in [2.75, 3.05) is 20.8 Å². The van der Waals surface area contributed by atoms with Gasteiger partial charge in [0, 0.05) is 6.54 Å². The Hall–Kier alpha value is -2.49. The third-order valence-electron chi connectivity index (χ3n) is 4.21. The van der Waals surface area contributed by atoms with Crippen LogP contribution in [-0.2, 0) is 16.6 Å². The van der Waals surface area contributed by atoms with Crippen LogP contribution in [-0.4, -0.2) is 26.7 Å². The first-order valence-electron chi connectivity index (χ1n) is 8.03. The number of carbonyl (C=O) groups excluding carboxylic acids is 1. The Morgan fingerprint density at radius 2 is 1.67 bits per heavy atom. The Labute approximate surface area is 143 Å². The summed E-state index contributed by atoms with van der Waals surface area (Å²) in [6.07, 6.45) is 0.814. The topological polar surface area (TPSA) is 47.6 Å². The van der Waals surface area contributed by atoms with Crippen LogP contribution in [0.1, 0.15) is 25.0 Å². The Morgan fingerprint density at radius 3 is 2.29 bits per heavy atom. The zero-order valence-electron chi connectivity index (χ0n) is 14.8. The molecule has 1 amide bonds. The molecule has 1 N–H and O–H groups in total. The summed E-state index contributed by atoms with van der Waals surface area (Å²) in [7, 11) is 3.19. The van der Waals surface area contributed by atoms with E-state index in [0.717, 1.165) is 12.0 Å². The van der Waals surface area contributed by atoms with Gasteiger partial charge in [0.25, 0.3) is 0 Å². The minimum atomic E-state index is -0.657.